The van der Waals surface area contributed by atoms with Gasteiger partial charge in [0.1, 0.15) is 0 Å². The van der Waals surface area contributed by atoms with Crippen molar-refractivity contribution in [2.45, 2.75) is 13.0 Å². The first kappa shape index (κ1) is 17.5. The number of para-hydroxylation sites is 2. The Kier molecular flexibility index (Phi) is 4.81. The van der Waals surface area contributed by atoms with Crippen LogP contribution < -0.4 is 5.76 Å². The summed E-state index contributed by atoms with van der Waals surface area (Å²) >= 11 is 1.43. The quantitative estimate of drug-likeness (QED) is 0.689. The lowest BCUT2D eigenvalue weighted by Crippen LogP contribution is -2.50. The van der Waals surface area contributed by atoms with Gasteiger partial charge in [-0.25, -0.2) is 4.79 Å². The molecule has 0 N–H and O–H groups in total. The zero-order valence-corrected chi connectivity index (χ0v) is 15.5. The topological polar surface area (TPSA) is 75.8 Å². The van der Waals surface area contributed by atoms with Crippen LogP contribution in [0.15, 0.2) is 51.0 Å². The third-order valence-electron chi connectivity index (χ3n) is 4.77. The molecular formula is C19H19N3O4S. The second-order valence-electron chi connectivity index (χ2n) is 6.39. The summed E-state index contributed by atoms with van der Waals surface area (Å²) in [4.78, 5) is 41.1. The van der Waals surface area contributed by atoms with Gasteiger partial charge in [0, 0.05) is 39.1 Å². The van der Waals surface area contributed by atoms with Gasteiger partial charge < -0.3 is 14.2 Å². The van der Waals surface area contributed by atoms with Crippen LogP contribution in [0.4, 0.5) is 0 Å². The molecule has 1 aliphatic rings. The summed E-state index contributed by atoms with van der Waals surface area (Å²) in [5.41, 5.74) is 1.22. The fourth-order valence-corrected chi connectivity index (χ4v) is 4.00. The van der Waals surface area contributed by atoms with Crippen LogP contribution in [0.3, 0.4) is 0 Å². The van der Waals surface area contributed by atoms with E-state index in [0.717, 1.165) is 4.88 Å². The molecule has 8 heteroatoms. The van der Waals surface area contributed by atoms with Crippen LogP contribution in [0.5, 0.6) is 0 Å². The van der Waals surface area contributed by atoms with Gasteiger partial charge in [-0.3, -0.25) is 14.2 Å². The van der Waals surface area contributed by atoms with E-state index in [0.29, 0.717) is 37.3 Å². The molecule has 140 valence electrons. The van der Waals surface area contributed by atoms with E-state index in [1.165, 1.54) is 15.9 Å². The maximum atomic E-state index is 12.5. The molecule has 1 fully saturated rings. The molecule has 3 aromatic rings. The van der Waals surface area contributed by atoms with E-state index in [4.69, 9.17) is 4.42 Å². The first-order chi connectivity index (χ1) is 13.1. The number of carbonyl (C=O) groups excluding carboxylic acids is 2. The highest BCUT2D eigenvalue weighted by atomic mass is 32.1. The second kappa shape index (κ2) is 7.40. The minimum atomic E-state index is -0.449. The number of oxazole rings is 1. The van der Waals surface area contributed by atoms with Gasteiger partial charge in [-0.15, -0.1) is 11.3 Å². The molecule has 1 saturated heterocycles. The molecule has 0 radical (unpaired) electrons. The predicted octanol–water partition coefficient (Wildman–Crippen LogP) is 2.03. The zero-order chi connectivity index (χ0) is 18.8. The number of aromatic nitrogens is 1. The average molecular weight is 385 g/mol. The highest BCUT2D eigenvalue weighted by molar-refractivity contribution is 7.12. The van der Waals surface area contributed by atoms with Crippen molar-refractivity contribution in [1.82, 2.24) is 14.4 Å². The summed E-state index contributed by atoms with van der Waals surface area (Å²) in [6, 6.07) is 10.9. The molecule has 2 aromatic heterocycles. The van der Waals surface area contributed by atoms with Gasteiger partial charge >= 0.3 is 5.76 Å². The molecule has 1 aromatic carbocycles. The highest BCUT2D eigenvalue weighted by Gasteiger charge is 2.25. The molecule has 0 saturated carbocycles. The van der Waals surface area contributed by atoms with Gasteiger partial charge in [0.25, 0.3) is 5.91 Å². The molecule has 0 atom stereocenters. The molecule has 7 nitrogen and oxygen atoms in total. The summed E-state index contributed by atoms with van der Waals surface area (Å²) in [6.45, 7) is 2.35. The third kappa shape index (κ3) is 3.52. The Labute approximate surface area is 159 Å². The Bertz CT molecular complexity index is 1010. The van der Waals surface area contributed by atoms with E-state index < -0.39 is 5.76 Å². The van der Waals surface area contributed by atoms with E-state index in [2.05, 4.69) is 0 Å². The summed E-state index contributed by atoms with van der Waals surface area (Å²) in [5, 5.41) is 1.88. The minimum Gasteiger partial charge on any atom is -0.408 e. The van der Waals surface area contributed by atoms with Crippen LogP contribution in [0.25, 0.3) is 11.1 Å². The molecule has 27 heavy (non-hydrogen) atoms. The number of benzene rings is 1. The van der Waals surface area contributed by atoms with Crippen molar-refractivity contribution < 1.29 is 14.0 Å². The molecule has 0 bridgehead atoms. The maximum Gasteiger partial charge on any atom is 0.419 e. The predicted molar refractivity (Wildman–Crippen MR) is 102 cm³/mol. The second-order valence-corrected chi connectivity index (χ2v) is 7.34. The van der Waals surface area contributed by atoms with Gasteiger partial charge in [-0.2, -0.15) is 0 Å². The summed E-state index contributed by atoms with van der Waals surface area (Å²) < 4.78 is 6.68. The third-order valence-corrected chi connectivity index (χ3v) is 5.63. The Morgan fingerprint density at radius 3 is 2.48 bits per heavy atom. The van der Waals surface area contributed by atoms with Gasteiger partial charge in [0.2, 0.25) is 5.91 Å². The first-order valence-corrected chi connectivity index (χ1v) is 9.70. The van der Waals surface area contributed by atoms with Gasteiger partial charge in [-0.1, -0.05) is 18.2 Å². The van der Waals surface area contributed by atoms with E-state index in [9.17, 15) is 14.4 Å². The zero-order valence-electron chi connectivity index (χ0n) is 14.7. The Balaban J connectivity index is 1.34. The summed E-state index contributed by atoms with van der Waals surface area (Å²) in [7, 11) is 0. The number of rotatable bonds is 4. The number of hydrogen-bond donors (Lipinski definition) is 0. The molecule has 0 aliphatic carbocycles. The smallest absolute Gasteiger partial charge is 0.408 e. The largest absolute Gasteiger partial charge is 0.419 e. The fourth-order valence-electron chi connectivity index (χ4n) is 3.31. The van der Waals surface area contributed by atoms with Crippen molar-refractivity contribution >= 4 is 34.3 Å². The number of piperazine rings is 1. The van der Waals surface area contributed by atoms with Crippen molar-refractivity contribution in [3.63, 3.8) is 0 Å². The summed E-state index contributed by atoms with van der Waals surface area (Å²) in [6.07, 6.45) is 0.225. The van der Waals surface area contributed by atoms with Crippen molar-refractivity contribution in [1.29, 1.82) is 0 Å². The number of aryl methyl sites for hydroxylation is 1. The van der Waals surface area contributed by atoms with Crippen LogP contribution in [-0.4, -0.2) is 52.4 Å². The Hall–Kier alpha value is -2.87. The lowest BCUT2D eigenvalue weighted by Gasteiger charge is -2.34. The number of fused-ring (bicyclic) bond motifs is 1. The van der Waals surface area contributed by atoms with E-state index >= 15 is 0 Å². The molecule has 0 spiro atoms. The van der Waals surface area contributed by atoms with Gasteiger partial charge in [0.15, 0.2) is 5.58 Å². The van der Waals surface area contributed by atoms with Crippen LogP contribution in [-0.2, 0) is 11.3 Å². The molecule has 0 unspecified atom stereocenters. The molecule has 2 amide bonds. The number of nitrogens with zero attached hydrogens (tertiary/aromatic N) is 3. The SMILES string of the molecule is O=C(CCn1c(=O)oc2ccccc21)N1CCN(C(=O)c2cccs2)CC1. The average Bonchev–Trinajstić information content (AvgIpc) is 3.33. The van der Waals surface area contributed by atoms with Gasteiger partial charge in [-0.05, 0) is 23.6 Å². The van der Waals surface area contributed by atoms with Crippen LogP contribution in [0.1, 0.15) is 16.1 Å². The highest BCUT2D eigenvalue weighted by Crippen LogP contribution is 2.15. The standard InChI is InChI=1S/C19H19N3O4S/c23-17(7-8-22-14-4-1-2-5-15(14)26-19(22)25)20-9-11-21(12-10-20)18(24)16-6-3-13-27-16/h1-6,13H,7-12H2. The number of carbonyl (C=O) groups is 2. The van der Waals surface area contributed by atoms with E-state index in [1.807, 2.05) is 23.6 Å². The molecule has 1 aliphatic heterocycles. The molecule has 3 heterocycles. The van der Waals surface area contributed by atoms with E-state index in [-0.39, 0.29) is 24.8 Å². The first-order valence-electron chi connectivity index (χ1n) is 8.82. The number of hydrogen-bond acceptors (Lipinski definition) is 5. The van der Waals surface area contributed by atoms with Crippen molar-refractivity contribution in [2.24, 2.45) is 0 Å². The van der Waals surface area contributed by atoms with Crippen molar-refractivity contribution in [3.8, 4) is 0 Å². The Morgan fingerprint density at radius 2 is 1.74 bits per heavy atom. The van der Waals surface area contributed by atoms with E-state index in [1.54, 1.807) is 28.0 Å². The van der Waals surface area contributed by atoms with Crippen molar-refractivity contribution in [2.75, 3.05) is 26.2 Å². The molecule has 4 rings (SSSR count). The van der Waals surface area contributed by atoms with Crippen molar-refractivity contribution in [3.05, 3.63) is 57.2 Å². The fraction of sp³-hybridized carbons (Fsp3) is 0.316. The summed E-state index contributed by atoms with van der Waals surface area (Å²) in [5.74, 6) is -0.445. The van der Waals surface area contributed by atoms with Gasteiger partial charge in [0.05, 0.1) is 10.4 Å². The lowest BCUT2D eigenvalue weighted by molar-refractivity contribution is -0.132. The normalized spacial score (nSPS) is 14.7. The number of amides is 2. The van der Waals surface area contributed by atoms with Crippen LogP contribution in [0, 0.1) is 0 Å². The van der Waals surface area contributed by atoms with Crippen LogP contribution >= 0.6 is 11.3 Å². The molecular weight excluding hydrogens is 366 g/mol. The number of thiophene rings is 1. The maximum absolute atomic E-state index is 12.5. The lowest BCUT2D eigenvalue weighted by atomic mass is 10.2. The monoisotopic (exact) mass is 385 g/mol. The Morgan fingerprint density at radius 1 is 1.00 bits per heavy atom. The minimum absolute atomic E-state index is 0.0181. The van der Waals surface area contributed by atoms with Crippen LogP contribution in [0.2, 0.25) is 0 Å².